The van der Waals surface area contributed by atoms with E-state index in [-0.39, 0.29) is 12.6 Å². The molecule has 0 aliphatic carbocycles. The van der Waals surface area contributed by atoms with Crippen LogP contribution < -0.4 is 5.76 Å². The molecule has 1 aromatic heterocycles. The van der Waals surface area contributed by atoms with E-state index in [4.69, 9.17) is 9.15 Å². The molecular formula is C19H19NO4. The lowest BCUT2D eigenvalue weighted by Crippen LogP contribution is -2.16. The third kappa shape index (κ3) is 3.25. The van der Waals surface area contributed by atoms with Crippen LogP contribution in [0.1, 0.15) is 27.9 Å². The Morgan fingerprint density at radius 1 is 1.17 bits per heavy atom. The summed E-state index contributed by atoms with van der Waals surface area (Å²) in [6, 6.07) is 13.0. The summed E-state index contributed by atoms with van der Waals surface area (Å²) >= 11 is 0. The van der Waals surface area contributed by atoms with Gasteiger partial charge in [-0.3, -0.25) is 4.57 Å². The topological polar surface area (TPSA) is 61.4 Å². The Labute approximate surface area is 139 Å². The number of esters is 1. The molecule has 0 spiro atoms. The summed E-state index contributed by atoms with van der Waals surface area (Å²) in [7, 11) is 0. The molecule has 3 rings (SSSR count). The molecule has 0 aliphatic rings. The molecule has 0 radical (unpaired) electrons. The molecule has 0 N–H and O–H groups in total. The number of para-hydroxylation sites is 2. The molecule has 0 unspecified atom stereocenters. The van der Waals surface area contributed by atoms with Crippen molar-refractivity contribution < 1.29 is 13.9 Å². The van der Waals surface area contributed by atoms with Gasteiger partial charge in [-0.2, -0.15) is 0 Å². The predicted octanol–water partition coefficient (Wildman–Crippen LogP) is 3.46. The molecule has 0 fully saturated rings. The molecule has 0 saturated carbocycles. The lowest BCUT2D eigenvalue weighted by atomic mass is 10.1. The van der Waals surface area contributed by atoms with Crippen LogP contribution in [-0.4, -0.2) is 17.1 Å². The monoisotopic (exact) mass is 325 g/mol. The Hall–Kier alpha value is -2.82. The van der Waals surface area contributed by atoms with E-state index < -0.39 is 5.76 Å². The van der Waals surface area contributed by atoms with E-state index in [0.29, 0.717) is 24.1 Å². The first-order valence-electron chi connectivity index (χ1n) is 7.89. The van der Waals surface area contributed by atoms with Crippen molar-refractivity contribution in [3.8, 4) is 0 Å². The molecule has 0 aliphatic heterocycles. The molecule has 0 bridgehead atoms. The minimum Gasteiger partial charge on any atom is -0.462 e. The second kappa shape index (κ2) is 6.74. The summed E-state index contributed by atoms with van der Waals surface area (Å²) in [6.07, 6.45) is 0.542. The first-order chi connectivity index (χ1) is 11.6. The zero-order chi connectivity index (χ0) is 17.1. The lowest BCUT2D eigenvalue weighted by molar-refractivity contribution is 0.0495. The Bertz CT molecular complexity index is 936. The minimum atomic E-state index is -0.392. The van der Waals surface area contributed by atoms with E-state index in [1.165, 1.54) is 0 Å². The molecule has 24 heavy (non-hydrogen) atoms. The SMILES string of the molecule is Cc1ccc(C)c(C(=O)OCCCn2c(=O)oc3ccccc32)c1. The summed E-state index contributed by atoms with van der Waals surface area (Å²) in [4.78, 5) is 24.0. The van der Waals surface area contributed by atoms with Crippen molar-refractivity contribution in [2.75, 3.05) is 6.61 Å². The van der Waals surface area contributed by atoms with Gasteiger partial charge in [0.1, 0.15) is 0 Å². The van der Waals surface area contributed by atoms with Crippen LogP contribution in [-0.2, 0) is 11.3 Å². The number of ether oxygens (including phenoxy) is 1. The number of rotatable bonds is 5. The zero-order valence-electron chi connectivity index (χ0n) is 13.7. The number of benzene rings is 2. The molecule has 3 aromatic rings. The second-order valence-corrected chi connectivity index (χ2v) is 5.80. The maximum Gasteiger partial charge on any atom is 0.419 e. The van der Waals surface area contributed by atoms with E-state index in [0.717, 1.165) is 16.6 Å². The number of carbonyl (C=O) groups is 1. The normalized spacial score (nSPS) is 10.9. The maximum absolute atomic E-state index is 12.1. The standard InChI is InChI=1S/C19H19NO4/c1-13-8-9-14(2)15(12-13)18(21)23-11-5-10-20-16-6-3-4-7-17(16)24-19(20)22/h3-4,6-9,12H,5,10-11H2,1-2H3. The molecule has 1 heterocycles. The van der Waals surface area contributed by atoms with Gasteiger partial charge in [0.15, 0.2) is 5.58 Å². The molecule has 5 nitrogen and oxygen atoms in total. The van der Waals surface area contributed by atoms with Gasteiger partial charge in [0.25, 0.3) is 0 Å². The average Bonchev–Trinajstić information content (AvgIpc) is 2.89. The first-order valence-corrected chi connectivity index (χ1v) is 7.89. The second-order valence-electron chi connectivity index (χ2n) is 5.80. The Balaban J connectivity index is 1.61. The summed E-state index contributed by atoms with van der Waals surface area (Å²) in [5.41, 5.74) is 3.81. The number of hydrogen-bond acceptors (Lipinski definition) is 4. The van der Waals surface area contributed by atoms with Gasteiger partial charge in [-0.1, -0.05) is 29.8 Å². The maximum atomic E-state index is 12.1. The molecule has 5 heteroatoms. The Kier molecular flexibility index (Phi) is 4.51. The highest BCUT2D eigenvalue weighted by molar-refractivity contribution is 5.91. The van der Waals surface area contributed by atoms with Gasteiger partial charge in [0.2, 0.25) is 0 Å². The highest BCUT2D eigenvalue weighted by Gasteiger charge is 2.11. The Morgan fingerprint density at radius 2 is 1.96 bits per heavy atom. The first kappa shape index (κ1) is 16.1. The van der Waals surface area contributed by atoms with Gasteiger partial charge >= 0.3 is 11.7 Å². The summed E-state index contributed by atoms with van der Waals surface area (Å²) in [5, 5.41) is 0. The van der Waals surface area contributed by atoms with Crippen LogP contribution in [0, 0.1) is 13.8 Å². The van der Waals surface area contributed by atoms with Gasteiger partial charge in [0, 0.05) is 6.54 Å². The fourth-order valence-corrected chi connectivity index (χ4v) is 2.65. The van der Waals surface area contributed by atoms with Crippen molar-refractivity contribution in [3.63, 3.8) is 0 Å². The highest BCUT2D eigenvalue weighted by Crippen LogP contribution is 2.13. The number of fused-ring (bicyclic) bond motifs is 1. The third-order valence-corrected chi connectivity index (χ3v) is 3.95. The Morgan fingerprint density at radius 3 is 2.79 bits per heavy atom. The smallest absolute Gasteiger partial charge is 0.419 e. The summed E-state index contributed by atoms with van der Waals surface area (Å²) < 4.78 is 12.1. The van der Waals surface area contributed by atoms with E-state index in [9.17, 15) is 9.59 Å². The van der Waals surface area contributed by atoms with Crippen LogP contribution in [0.2, 0.25) is 0 Å². The molecule has 124 valence electrons. The van der Waals surface area contributed by atoms with Crippen LogP contribution >= 0.6 is 0 Å². The van der Waals surface area contributed by atoms with Crippen molar-refractivity contribution in [2.24, 2.45) is 0 Å². The average molecular weight is 325 g/mol. The van der Waals surface area contributed by atoms with E-state index >= 15 is 0 Å². The molecule has 0 amide bonds. The fourth-order valence-electron chi connectivity index (χ4n) is 2.65. The molecule has 0 saturated heterocycles. The molecular weight excluding hydrogens is 306 g/mol. The quantitative estimate of drug-likeness (QED) is 0.532. The number of aromatic nitrogens is 1. The molecule has 2 aromatic carbocycles. The minimum absolute atomic E-state index is 0.248. The van der Waals surface area contributed by atoms with Gasteiger partial charge in [-0.25, -0.2) is 9.59 Å². The van der Waals surface area contributed by atoms with Crippen LogP contribution in [0.15, 0.2) is 51.7 Å². The summed E-state index contributed by atoms with van der Waals surface area (Å²) in [5.74, 6) is -0.724. The number of carbonyl (C=O) groups excluding carboxylic acids is 1. The van der Waals surface area contributed by atoms with Crippen molar-refractivity contribution in [2.45, 2.75) is 26.8 Å². The fraction of sp³-hybridized carbons (Fsp3) is 0.263. The zero-order valence-corrected chi connectivity index (χ0v) is 13.7. The van der Waals surface area contributed by atoms with E-state index in [2.05, 4.69) is 0 Å². The number of hydrogen-bond donors (Lipinski definition) is 0. The van der Waals surface area contributed by atoms with E-state index in [1.807, 2.05) is 50.2 Å². The largest absolute Gasteiger partial charge is 0.462 e. The van der Waals surface area contributed by atoms with Gasteiger partial charge < -0.3 is 9.15 Å². The third-order valence-electron chi connectivity index (χ3n) is 3.95. The summed E-state index contributed by atoms with van der Waals surface area (Å²) in [6.45, 7) is 4.51. The van der Waals surface area contributed by atoms with Gasteiger partial charge in [-0.05, 0) is 44.0 Å². The van der Waals surface area contributed by atoms with Crippen molar-refractivity contribution in [1.82, 2.24) is 4.57 Å². The lowest BCUT2D eigenvalue weighted by Gasteiger charge is -2.08. The van der Waals surface area contributed by atoms with Crippen LogP contribution in [0.5, 0.6) is 0 Å². The van der Waals surface area contributed by atoms with Crippen molar-refractivity contribution in [3.05, 3.63) is 69.7 Å². The highest BCUT2D eigenvalue weighted by atomic mass is 16.5. The van der Waals surface area contributed by atoms with E-state index in [1.54, 1.807) is 10.6 Å². The predicted molar refractivity (Wildman–Crippen MR) is 91.3 cm³/mol. The van der Waals surface area contributed by atoms with Gasteiger partial charge in [0.05, 0.1) is 17.7 Å². The van der Waals surface area contributed by atoms with Crippen LogP contribution in [0.25, 0.3) is 11.1 Å². The number of oxazole rings is 1. The van der Waals surface area contributed by atoms with Gasteiger partial charge in [-0.15, -0.1) is 0 Å². The number of aryl methyl sites for hydroxylation is 3. The van der Waals surface area contributed by atoms with Crippen LogP contribution in [0.3, 0.4) is 0 Å². The molecule has 0 atom stereocenters. The van der Waals surface area contributed by atoms with Crippen molar-refractivity contribution in [1.29, 1.82) is 0 Å². The number of nitrogens with zero attached hydrogens (tertiary/aromatic N) is 1. The van der Waals surface area contributed by atoms with Crippen LogP contribution in [0.4, 0.5) is 0 Å². The van der Waals surface area contributed by atoms with Crippen molar-refractivity contribution >= 4 is 17.1 Å².